The predicted molar refractivity (Wildman–Crippen MR) is 69.6 cm³/mol. The van der Waals surface area contributed by atoms with Crippen molar-refractivity contribution < 1.29 is 4.39 Å². The topological polar surface area (TPSA) is 26.0 Å². The molecular weight excluding hydrogens is 213 g/mol. The van der Waals surface area contributed by atoms with Crippen LogP contribution in [0.25, 0.3) is 0 Å². The van der Waals surface area contributed by atoms with Gasteiger partial charge < -0.3 is 5.73 Å². The summed E-state index contributed by atoms with van der Waals surface area (Å²) in [5, 5.41) is 0. The van der Waals surface area contributed by atoms with Gasteiger partial charge in [-0.05, 0) is 48.3 Å². The zero-order valence-corrected chi connectivity index (χ0v) is 11.0. The van der Waals surface area contributed by atoms with Crippen molar-refractivity contribution in [3.05, 3.63) is 35.1 Å². The van der Waals surface area contributed by atoms with Crippen LogP contribution in [0.2, 0.25) is 0 Å². The molecule has 0 amide bonds. The molecule has 0 atom stereocenters. The highest BCUT2D eigenvalue weighted by Crippen LogP contribution is 2.36. The largest absolute Gasteiger partial charge is 0.325 e. The van der Waals surface area contributed by atoms with Crippen molar-refractivity contribution in [3.8, 4) is 0 Å². The Morgan fingerprint density at radius 3 is 2.41 bits per heavy atom. The number of hydrogen-bond donors (Lipinski definition) is 1. The number of hydrogen-bond acceptors (Lipinski definition) is 1. The van der Waals surface area contributed by atoms with Gasteiger partial charge in [0.1, 0.15) is 5.82 Å². The van der Waals surface area contributed by atoms with E-state index in [1.54, 1.807) is 6.07 Å². The molecule has 0 heterocycles. The molecule has 0 radical (unpaired) electrons. The summed E-state index contributed by atoms with van der Waals surface area (Å²) in [6.45, 7) is 6.10. The SMILES string of the molecule is CC(C)(C)c1ccc(CCC2(N)CC2)cc1F. The highest BCUT2D eigenvalue weighted by Gasteiger charge is 2.37. The van der Waals surface area contributed by atoms with Crippen LogP contribution >= 0.6 is 0 Å². The van der Waals surface area contributed by atoms with Crippen LogP contribution in [0.3, 0.4) is 0 Å². The Bertz CT molecular complexity index is 413. The molecule has 0 bridgehead atoms. The lowest BCUT2D eigenvalue weighted by Gasteiger charge is -2.20. The van der Waals surface area contributed by atoms with Crippen LogP contribution in [0.1, 0.15) is 51.2 Å². The lowest BCUT2D eigenvalue weighted by Crippen LogP contribution is -2.22. The molecule has 1 aliphatic carbocycles. The quantitative estimate of drug-likeness (QED) is 0.852. The van der Waals surface area contributed by atoms with Crippen LogP contribution in [0.15, 0.2) is 18.2 Å². The van der Waals surface area contributed by atoms with Crippen molar-refractivity contribution in [3.63, 3.8) is 0 Å². The van der Waals surface area contributed by atoms with E-state index in [2.05, 4.69) is 0 Å². The van der Waals surface area contributed by atoms with Crippen molar-refractivity contribution in [1.82, 2.24) is 0 Å². The van der Waals surface area contributed by atoms with Gasteiger partial charge in [-0.25, -0.2) is 4.39 Å². The fraction of sp³-hybridized carbons (Fsp3) is 0.600. The third-order valence-electron chi connectivity index (χ3n) is 3.65. The van der Waals surface area contributed by atoms with E-state index in [0.717, 1.165) is 36.8 Å². The Morgan fingerprint density at radius 1 is 1.29 bits per heavy atom. The van der Waals surface area contributed by atoms with E-state index in [-0.39, 0.29) is 16.8 Å². The summed E-state index contributed by atoms with van der Waals surface area (Å²) in [5.74, 6) is -0.0862. The summed E-state index contributed by atoms with van der Waals surface area (Å²) in [6.07, 6.45) is 4.10. The van der Waals surface area contributed by atoms with Crippen LogP contribution in [0.5, 0.6) is 0 Å². The van der Waals surface area contributed by atoms with Gasteiger partial charge in [0.05, 0.1) is 0 Å². The van der Waals surface area contributed by atoms with Crippen LogP contribution in [0.4, 0.5) is 4.39 Å². The third kappa shape index (κ3) is 3.06. The van der Waals surface area contributed by atoms with Gasteiger partial charge >= 0.3 is 0 Å². The third-order valence-corrected chi connectivity index (χ3v) is 3.65. The average Bonchev–Trinajstić information content (AvgIpc) is 2.92. The maximum Gasteiger partial charge on any atom is 0.127 e. The summed E-state index contributed by atoms with van der Waals surface area (Å²) in [7, 11) is 0. The molecule has 0 aromatic heterocycles. The lowest BCUT2D eigenvalue weighted by molar-refractivity contribution is 0.520. The van der Waals surface area contributed by atoms with Crippen LogP contribution in [-0.4, -0.2) is 5.54 Å². The number of halogens is 1. The molecule has 1 saturated carbocycles. The second kappa shape index (κ2) is 4.09. The minimum absolute atomic E-state index is 0.0547. The summed E-state index contributed by atoms with van der Waals surface area (Å²) < 4.78 is 14.0. The van der Waals surface area contributed by atoms with Crippen LogP contribution in [0, 0.1) is 5.82 Å². The Hall–Kier alpha value is -0.890. The predicted octanol–water partition coefficient (Wildman–Crippen LogP) is 3.55. The summed E-state index contributed by atoms with van der Waals surface area (Å²) in [5.41, 5.74) is 7.81. The van der Waals surface area contributed by atoms with E-state index < -0.39 is 0 Å². The molecule has 2 heteroatoms. The Labute approximate surface area is 103 Å². The Morgan fingerprint density at radius 2 is 1.94 bits per heavy atom. The first-order valence-electron chi connectivity index (χ1n) is 6.38. The summed E-state index contributed by atoms with van der Waals surface area (Å²) in [4.78, 5) is 0. The van der Waals surface area contributed by atoms with Gasteiger partial charge in [0.2, 0.25) is 0 Å². The number of aryl methyl sites for hydroxylation is 1. The first-order valence-corrected chi connectivity index (χ1v) is 6.38. The molecular formula is C15H22FN. The Balaban J connectivity index is 2.08. The highest BCUT2D eigenvalue weighted by atomic mass is 19.1. The maximum absolute atomic E-state index is 14.0. The zero-order chi connectivity index (χ0) is 12.7. The molecule has 0 aliphatic heterocycles. The van der Waals surface area contributed by atoms with Gasteiger partial charge in [-0.1, -0.05) is 32.9 Å². The lowest BCUT2D eigenvalue weighted by atomic mass is 9.86. The zero-order valence-electron chi connectivity index (χ0n) is 11.0. The fourth-order valence-corrected chi connectivity index (χ4v) is 2.13. The molecule has 1 aliphatic rings. The molecule has 1 fully saturated rings. The Kier molecular flexibility index (Phi) is 3.03. The smallest absolute Gasteiger partial charge is 0.127 e. The maximum atomic E-state index is 14.0. The van der Waals surface area contributed by atoms with Gasteiger partial charge in [-0.2, -0.15) is 0 Å². The molecule has 0 unspecified atom stereocenters. The molecule has 0 saturated heterocycles. The molecule has 94 valence electrons. The monoisotopic (exact) mass is 235 g/mol. The molecule has 1 nitrogen and oxygen atoms in total. The van der Waals surface area contributed by atoms with E-state index in [4.69, 9.17) is 5.73 Å². The van der Waals surface area contributed by atoms with E-state index in [1.165, 1.54) is 0 Å². The van der Waals surface area contributed by atoms with Crippen molar-refractivity contribution >= 4 is 0 Å². The second-order valence-electron chi connectivity index (χ2n) is 6.43. The van der Waals surface area contributed by atoms with E-state index >= 15 is 0 Å². The number of nitrogens with two attached hydrogens (primary N) is 1. The van der Waals surface area contributed by atoms with Crippen LogP contribution in [-0.2, 0) is 11.8 Å². The minimum atomic E-state index is -0.131. The molecule has 0 spiro atoms. The van der Waals surface area contributed by atoms with Crippen molar-refractivity contribution in [2.75, 3.05) is 0 Å². The first kappa shape index (κ1) is 12.6. The van der Waals surface area contributed by atoms with Gasteiger partial charge in [-0.15, -0.1) is 0 Å². The van der Waals surface area contributed by atoms with Crippen molar-refractivity contribution in [2.45, 2.75) is 57.4 Å². The molecule has 2 rings (SSSR count). The van der Waals surface area contributed by atoms with E-state index in [9.17, 15) is 4.39 Å². The molecule has 1 aromatic carbocycles. The van der Waals surface area contributed by atoms with Gasteiger partial charge in [-0.3, -0.25) is 0 Å². The fourth-order valence-electron chi connectivity index (χ4n) is 2.13. The summed E-state index contributed by atoms with van der Waals surface area (Å²) >= 11 is 0. The number of rotatable bonds is 3. The van der Waals surface area contributed by atoms with Gasteiger partial charge in [0, 0.05) is 5.54 Å². The average molecular weight is 235 g/mol. The van der Waals surface area contributed by atoms with Crippen LogP contribution < -0.4 is 5.73 Å². The second-order valence-corrected chi connectivity index (χ2v) is 6.43. The van der Waals surface area contributed by atoms with Gasteiger partial charge in [0.25, 0.3) is 0 Å². The van der Waals surface area contributed by atoms with E-state index in [0.29, 0.717) is 0 Å². The molecule has 2 N–H and O–H groups in total. The van der Waals surface area contributed by atoms with E-state index in [1.807, 2.05) is 32.9 Å². The van der Waals surface area contributed by atoms with Crippen molar-refractivity contribution in [2.24, 2.45) is 5.73 Å². The molecule has 1 aromatic rings. The summed E-state index contributed by atoms with van der Waals surface area (Å²) in [6, 6.07) is 5.63. The highest BCUT2D eigenvalue weighted by molar-refractivity contribution is 5.29. The molecule has 17 heavy (non-hydrogen) atoms. The normalized spacial score (nSPS) is 18.2. The van der Waals surface area contributed by atoms with Gasteiger partial charge in [0.15, 0.2) is 0 Å². The first-order chi connectivity index (χ1) is 7.80. The standard InChI is InChI=1S/C15H22FN/c1-14(2,3)12-5-4-11(10-13(12)16)6-7-15(17)8-9-15/h4-5,10H,6-9,17H2,1-3H3. The number of benzene rings is 1. The minimum Gasteiger partial charge on any atom is -0.325 e. The van der Waals surface area contributed by atoms with Crippen molar-refractivity contribution in [1.29, 1.82) is 0 Å².